The molecule has 0 spiro atoms. The fraction of sp³-hybridized carbons (Fsp3) is 0. The second-order valence-electron chi connectivity index (χ2n) is 15.5. The van der Waals surface area contributed by atoms with E-state index in [1.807, 2.05) is 0 Å². The zero-order chi connectivity index (χ0) is 38.9. The van der Waals surface area contributed by atoms with E-state index in [0.29, 0.717) is 0 Å². The van der Waals surface area contributed by atoms with Crippen molar-refractivity contribution in [3.63, 3.8) is 0 Å². The van der Waals surface area contributed by atoms with E-state index < -0.39 is 0 Å². The van der Waals surface area contributed by atoms with Gasteiger partial charge in [-0.2, -0.15) is 0 Å². The highest BCUT2D eigenvalue weighted by molar-refractivity contribution is 6.25. The monoisotopic (exact) mass is 748 g/mol. The normalized spacial score (nSPS) is 11.7. The first-order valence-corrected chi connectivity index (χ1v) is 20.3. The summed E-state index contributed by atoms with van der Waals surface area (Å²) in [6.07, 6.45) is 0. The molecule has 0 bridgehead atoms. The van der Waals surface area contributed by atoms with Crippen LogP contribution < -0.4 is 0 Å². The lowest BCUT2D eigenvalue weighted by molar-refractivity contribution is 1.11. The predicted molar refractivity (Wildman–Crippen MR) is 250 cm³/mol. The number of aromatic nitrogens is 2. The maximum Gasteiger partial charge on any atom is 0.145 e. The van der Waals surface area contributed by atoms with Gasteiger partial charge in [-0.25, -0.2) is 4.98 Å². The van der Waals surface area contributed by atoms with Crippen LogP contribution in [-0.2, 0) is 0 Å². The van der Waals surface area contributed by atoms with Gasteiger partial charge in [0.05, 0.1) is 11.0 Å². The van der Waals surface area contributed by atoms with Gasteiger partial charge in [0, 0.05) is 11.3 Å². The lowest BCUT2D eigenvalue weighted by Crippen LogP contribution is -1.97. The van der Waals surface area contributed by atoms with E-state index >= 15 is 0 Å². The van der Waals surface area contributed by atoms with Gasteiger partial charge in [0.25, 0.3) is 0 Å². The molecule has 0 atom stereocenters. The van der Waals surface area contributed by atoms with E-state index in [-0.39, 0.29) is 0 Å². The molecule has 2 nitrogen and oxygen atoms in total. The minimum Gasteiger partial charge on any atom is -0.292 e. The Bertz CT molecular complexity index is 3600. The third-order valence-corrected chi connectivity index (χ3v) is 12.2. The molecule has 12 rings (SSSR count). The number of fused-ring (bicyclic) bond motifs is 6. The van der Waals surface area contributed by atoms with Crippen molar-refractivity contribution < 1.29 is 0 Å². The van der Waals surface area contributed by atoms with Crippen LogP contribution in [0.25, 0.3) is 115 Å². The van der Waals surface area contributed by atoms with E-state index in [1.165, 1.54) is 81.7 Å². The van der Waals surface area contributed by atoms with Crippen molar-refractivity contribution in [2.75, 3.05) is 0 Å². The fourth-order valence-corrected chi connectivity index (χ4v) is 9.43. The average Bonchev–Trinajstić information content (AvgIpc) is 3.70. The summed E-state index contributed by atoms with van der Waals surface area (Å²) in [5.74, 6) is 0.927. The van der Waals surface area contributed by atoms with Crippen molar-refractivity contribution in [3.05, 3.63) is 218 Å². The Hall–Kier alpha value is -7.81. The third kappa shape index (κ3) is 5.38. The molecule has 0 N–H and O–H groups in total. The first-order chi connectivity index (χ1) is 29.3. The Labute approximate surface area is 341 Å². The topological polar surface area (TPSA) is 17.8 Å². The number of hydrogen-bond donors (Lipinski definition) is 0. The second kappa shape index (κ2) is 13.4. The van der Waals surface area contributed by atoms with E-state index in [1.54, 1.807) is 0 Å². The van der Waals surface area contributed by atoms with Gasteiger partial charge in [0.15, 0.2) is 0 Å². The van der Waals surface area contributed by atoms with Crippen molar-refractivity contribution in [1.82, 2.24) is 9.55 Å². The Morgan fingerprint density at radius 3 is 1.51 bits per heavy atom. The van der Waals surface area contributed by atoms with Crippen molar-refractivity contribution in [3.8, 4) is 50.5 Å². The largest absolute Gasteiger partial charge is 0.292 e. The first-order valence-electron chi connectivity index (χ1n) is 20.3. The van der Waals surface area contributed by atoms with Gasteiger partial charge in [-0.1, -0.05) is 188 Å². The lowest BCUT2D eigenvalue weighted by Gasteiger charge is -2.20. The van der Waals surface area contributed by atoms with Crippen LogP contribution in [-0.4, -0.2) is 9.55 Å². The molecule has 12 aromatic rings. The highest BCUT2D eigenvalue weighted by Crippen LogP contribution is 2.47. The average molecular weight is 749 g/mol. The summed E-state index contributed by atoms with van der Waals surface area (Å²) in [6.45, 7) is 0. The van der Waals surface area contributed by atoms with Gasteiger partial charge in [-0.15, -0.1) is 0 Å². The highest BCUT2D eigenvalue weighted by Gasteiger charge is 2.20. The molecule has 0 fully saturated rings. The summed E-state index contributed by atoms with van der Waals surface area (Å²) in [7, 11) is 0. The lowest BCUT2D eigenvalue weighted by atomic mass is 9.83. The molecule has 0 aliphatic carbocycles. The summed E-state index contributed by atoms with van der Waals surface area (Å²) < 4.78 is 2.29. The molecule has 1 heterocycles. The Morgan fingerprint density at radius 2 is 0.814 bits per heavy atom. The van der Waals surface area contributed by atoms with Crippen LogP contribution in [0, 0.1) is 0 Å². The molecule has 0 unspecified atom stereocenters. The maximum atomic E-state index is 5.20. The van der Waals surface area contributed by atoms with Gasteiger partial charge >= 0.3 is 0 Å². The van der Waals surface area contributed by atoms with Crippen LogP contribution in [0.2, 0.25) is 0 Å². The van der Waals surface area contributed by atoms with E-state index in [4.69, 9.17) is 4.98 Å². The van der Waals surface area contributed by atoms with Crippen molar-refractivity contribution in [1.29, 1.82) is 0 Å². The smallest absolute Gasteiger partial charge is 0.145 e. The van der Waals surface area contributed by atoms with Crippen LogP contribution >= 0.6 is 0 Å². The van der Waals surface area contributed by atoms with Gasteiger partial charge in [0.2, 0.25) is 0 Å². The summed E-state index contributed by atoms with van der Waals surface area (Å²) in [5, 5.41) is 12.4. The molecule has 0 aliphatic rings. The second-order valence-corrected chi connectivity index (χ2v) is 15.5. The Balaban J connectivity index is 1.07. The van der Waals surface area contributed by atoms with Gasteiger partial charge in [-0.05, 0) is 118 Å². The summed E-state index contributed by atoms with van der Waals surface area (Å²) >= 11 is 0. The standard InChI is InChI=1S/C57H36N2/c1-2-16-42-35-44(33-31-37(42)13-1)59-54-26-10-9-25-53(54)58-57(59)41-29-27-38(28-30-41)43-32-34-51-52(36-43)56(48-24-12-18-40-15-4-6-20-46(40)48)50-22-8-7-21-49(50)55(51)47-23-11-17-39-14-3-5-19-45(39)47/h1-36H. The van der Waals surface area contributed by atoms with Crippen molar-refractivity contribution in [2.24, 2.45) is 0 Å². The Morgan fingerprint density at radius 1 is 0.305 bits per heavy atom. The summed E-state index contributed by atoms with van der Waals surface area (Å²) in [4.78, 5) is 5.20. The number of nitrogens with zero attached hydrogens (tertiary/aromatic N) is 2. The number of benzene rings is 11. The molecule has 1 aromatic heterocycles. The highest BCUT2D eigenvalue weighted by atomic mass is 15.1. The van der Waals surface area contributed by atoms with E-state index in [2.05, 4.69) is 223 Å². The molecule has 59 heavy (non-hydrogen) atoms. The van der Waals surface area contributed by atoms with Crippen LogP contribution in [0.3, 0.4) is 0 Å². The van der Waals surface area contributed by atoms with Crippen molar-refractivity contribution in [2.45, 2.75) is 0 Å². The summed E-state index contributed by atoms with van der Waals surface area (Å²) in [5.41, 5.74) is 11.6. The molecule has 2 heteroatoms. The summed E-state index contributed by atoms with van der Waals surface area (Å²) in [6, 6.07) is 79.6. The molecule has 274 valence electrons. The predicted octanol–water partition coefficient (Wildman–Crippen LogP) is 15.5. The molecular weight excluding hydrogens is 713 g/mol. The first kappa shape index (κ1) is 33.3. The molecular formula is C57H36N2. The van der Waals surface area contributed by atoms with Crippen LogP contribution in [0.15, 0.2) is 218 Å². The molecule has 11 aromatic carbocycles. The zero-order valence-corrected chi connectivity index (χ0v) is 32.2. The molecule has 0 radical (unpaired) electrons. The van der Waals surface area contributed by atoms with Crippen LogP contribution in [0.5, 0.6) is 0 Å². The number of rotatable bonds is 5. The minimum absolute atomic E-state index is 0.927. The van der Waals surface area contributed by atoms with E-state index in [9.17, 15) is 0 Å². The minimum atomic E-state index is 0.927. The van der Waals surface area contributed by atoms with Gasteiger partial charge in [-0.3, -0.25) is 4.57 Å². The maximum absolute atomic E-state index is 5.20. The number of imidazole rings is 1. The SMILES string of the molecule is c1ccc2cc(-n3c(-c4ccc(-c5ccc6c(-c7cccc8ccccc78)c7ccccc7c(-c7cccc8ccccc78)c6c5)cc4)nc4ccccc43)ccc2c1. The van der Waals surface area contributed by atoms with Gasteiger partial charge < -0.3 is 0 Å². The van der Waals surface area contributed by atoms with Crippen LogP contribution in [0.4, 0.5) is 0 Å². The Kier molecular flexibility index (Phi) is 7.57. The quantitative estimate of drug-likeness (QED) is 0.160. The molecule has 0 saturated heterocycles. The fourth-order valence-electron chi connectivity index (χ4n) is 9.43. The molecule has 0 saturated carbocycles. The third-order valence-electron chi connectivity index (χ3n) is 12.2. The number of hydrogen-bond acceptors (Lipinski definition) is 1. The zero-order valence-electron chi connectivity index (χ0n) is 32.2. The van der Waals surface area contributed by atoms with Gasteiger partial charge in [0.1, 0.15) is 5.82 Å². The molecule has 0 aliphatic heterocycles. The number of para-hydroxylation sites is 2. The molecule has 0 amide bonds. The van der Waals surface area contributed by atoms with Crippen molar-refractivity contribution >= 4 is 64.9 Å². The van der Waals surface area contributed by atoms with E-state index in [0.717, 1.165) is 33.7 Å². The van der Waals surface area contributed by atoms with Crippen LogP contribution in [0.1, 0.15) is 0 Å².